The van der Waals surface area contributed by atoms with Gasteiger partial charge in [-0.25, -0.2) is 0 Å². The highest BCUT2D eigenvalue weighted by molar-refractivity contribution is 5.99. The van der Waals surface area contributed by atoms with Gasteiger partial charge in [-0.05, 0) is 13.0 Å². The molecule has 0 atom stereocenters. The zero-order valence-electron chi connectivity index (χ0n) is 10.9. The Labute approximate surface area is 111 Å². The number of Topliss-reactive ketones (excluding diaryl/α,β-unsaturated/α-hetero) is 1. The van der Waals surface area contributed by atoms with Crippen LogP contribution in [0.4, 0.5) is 0 Å². The molecule has 0 aliphatic carbocycles. The van der Waals surface area contributed by atoms with Crippen LogP contribution in [0.1, 0.15) is 40.6 Å². The average molecular weight is 266 g/mol. The SMILES string of the molecule is CC(=O)c1c[nH]c(C(=O)NCC2(O)CCOCC2)c1. The van der Waals surface area contributed by atoms with Crippen molar-refractivity contribution in [3.05, 3.63) is 23.5 Å². The molecular formula is C13H18N2O4. The molecule has 2 heterocycles. The van der Waals surface area contributed by atoms with Crippen LogP contribution in [0.5, 0.6) is 0 Å². The summed E-state index contributed by atoms with van der Waals surface area (Å²) in [5, 5.41) is 12.9. The molecule has 6 nitrogen and oxygen atoms in total. The third-order valence-electron chi connectivity index (χ3n) is 3.34. The van der Waals surface area contributed by atoms with Crippen molar-refractivity contribution in [2.45, 2.75) is 25.4 Å². The van der Waals surface area contributed by atoms with E-state index >= 15 is 0 Å². The monoisotopic (exact) mass is 266 g/mol. The van der Waals surface area contributed by atoms with Gasteiger partial charge in [0.2, 0.25) is 0 Å². The van der Waals surface area contributed by atoms with Crippen molar-refractivity contribution < 1.29 is 19.4 Å². The quantitative estimate of drug-likeness (QED) is 0.692. The Hall–Kier alpha value is -1.66. The number of ketones is 1. The minimum Gasteiger partial charge on any atom is -0.388 e. The maximum absolute atomic E-state index is 11.9. The lowest BCUT2D eigenvalue weighted by atomic mass is 9.94. The van der Waals surface area contributed by atoms with Gasteiger partial charge in [-0.15, -0.1) is 0 Å². The summed E-state index contributed by atoms with van der Waals surface area (Å²) >= 11 is 0. The normalized spacial score (nSPS) is 18.0. The van der Waals surface area contributed by atoms with Crippen LogP contribution in [0.3, 0.4) is 0 Å². The van der Waals surface area contributed by atoms with E-state index < -0.39 is 5.60 Å². The molecule has 1 fully saturated rings. The van der Waals surface area contributed by atoms with Gasteiger partial charge in [0.15, 0.2) is 5.78 Å². The van der Waals surface area contributed by atoms with Gasteiger partial charge in [-0.1, -0.05) is 0 Å². The molecule has 1 aromatic heterocycles. The number of hydrogen-bond donors (Lipinski definition) is 3. The average Bonchev–Trinajstić information content (AvgIpc) is 2.87. The van der Waals surface area contributed by atoms with Crippen LogP contribution in [0, 0.1) is 0 Å². The van der Waals surface area contributed by atoms with E-state index in [1.165, 1.54) is 19.2 Å². The van der Waals surface area contributed by atoms with Crippen LogP contribution < -0.4 is 5.32 Å². The summed E-state index contributed by atoms with van der Waals surface area (Å²) in [6.07, 6.45) is 2.52. The lowest BCUT2D eigenvalue weighted by Gasteiger charge is -2.31. The third kappa shape index (κ3) is 3.42. The first kappa shape index (κ1) is 13.8. The van der Waals surface area contributed by atoms with Crippen LogP contribution >= 0.6 is 0 Å². The number of carbonyl (C=O) groups excluding carboxylic acids is 2. The highest BCUT2D eigenvalue weighted by atomic mass is 16.5. The van der Waals surface area contributed by atoms with Crippen LogP contribution in [0.2, 0.25) is 0 Å². The Morgan fingerprint density at radius 1 is 1.47 bits per heavy atom. The van der Waals surface area contributed by atoms with E-state index in [9.17, 15) is 14.7 Å². The Balaban J connectivity index is 1.91. The van der Waals surface area contributed by atoms with Crippen LogP contribution in [-0.4, -0.2) is 47.1 Å². The van der Waals surface area contributed by atoms with E-state index in [0.717, 1.165) is 0 Å². The molecule has 0 radical (unpaired) electrons. The molecule has 6 heteroatoms. The molecule has 1 amide bonds. The number of ether oxygens (including phenoxy) is 1. The summed E-state index contributed by atoms with van der Waals surface area (Å²) in [4.78, 5) is 25.7. The fourth-order valence-corrected chi connectivity index (χ4v) is 2.00. The Kier molecular flexibility index (Phi) is 4.01. The Morgan fingerprint density at radius 3 is 2.74 bits per heavy atom. The van der Waals surface area contributed by atoms with E-state index in [1.54, 1.807) is 0 Å². The van der Waals surface area contributed by atoms with E-state index in [2.05, 4.69) is 10.3 Å². The molecule has 0 bridgehead atoms. The van der Waals surface area contributed by atoms with Gasteiger partial charge in [0.05, 0.1) is 5.60 Å². The van der Waals surface area contributed by atoms with Crippen molar-refractivity contribution in [1.82, 2.24) is 10.3 Å². The molecular weight excluding hydrogens is 248 g/mol. The van der Waals surface area contributed by atoms with Crippen molar-refractivity contribution in [2.24, 2.45) is 0 Å². The number of rotatable bonds is 4. The molecule has 1 aliphatic heterocycles. The summed E-state index contributed by atoms with van der Waals surface area (Å²) in [7, 11) is 0. The molecule has 0 saturated carbocycles. The molecule has 104 valence electrons. The fourth-order valence-electron chi connectivity index (χ4n) is 2.00. The van der Waals surface area contributed by atoms with Crippen molar-refractivity contribution >= 4 is 11.7 Å². The van der Waals surface area contributed by atoms with Gasteiger partial charge < -0.3 is 20.1 Å². The summed E-state index contributed by atoms with van der Waals surface area (Å²) in [6.45, 7) is 2.63. The van der Waals surface area contributed by atoms with Gasteiger partial charge in [0, 0.05) is 44.4 Å². The van der Waals surface area contributed by atoms with Gasteiger partial charge in [0.1, 0.15) is 5.69 Å². The first-order valence-corrected chi connectivity index (χ1v) is 6.28. The molecule has 0 spiro atoms. The van der Waals surface area contributed by atoms with Crippen molar-refractivity contribution in [2.75, 3.05) is 19.8 Å². The smallest absolute Gasteiger partial charge is 0.267 e. The zero-order valence-corrected chi connectivity index (χ0v) is 10.9. The van der Waals surface area contributed by atoms with Crippen LogP contribution in [0.15, 0.2) is 12.3 Å². The van der Waals surface area contributed by atoms with E-state index in [-0.39, 0.29) is 18.2 Å². The highest BCUT2D eigenvalue weighted by Crippen LogP contribution is 2.19. The molecule has 1 saturated heterocycles. The number of aliphatic hydroxyl groups is 1. The van der Waals surface area contributed by atoms with Gasteiger partial charge >= 0.3 is 0 Å². The Bertz CT molecular complexity index is 475. The minimum atomic E-state index is -0.899. The number of H-pyrrole nitrogens is 1. The summed E-state index contributed by atoms with van der Waals surface area (Å²) in [6, 6.07) is 1.51. The second-order valence-electron chi connectivity index (χ2n) is 4.88. The molecule has 1 aromatic rings. The number of aromatic amines is 1. The second kappa shape index (κ2) is 5.54. The predicted molar refractivity (Wildman–Crippen MR) is 68.1 cm³/mol. The maximum Gasteiger partial charge on any atom is 0.267 e. The Morgan fingerprint density at radius 2 is 2.16 bits per heavy atom. The van der Waals surface area contributed by atoms with Crippen LogP contribution in [-0.2, 0) is 4.74 Å². The number of aromatic nitrogens is 1. The fraction of sp³-hybridized carbons (Fsp3) is 0.538. The number of nitrogens with one attached hydrogen (secondary N) is 2. The molecule has 19 heavy (non-hydrogen) atoms. The molecule has 2 rings (SSSR count). The summed E-state index contributed by atoms with van der Waals surface area (Å²) in [5.41, 5.74) is -0.111. The third-order valence-corrected chi connectivity index (χ3v) is 3.34. The summed E-state index contributed by atoms with van der Waals surface area (Å²) in [5.74, 6) is -0.425. The van der Waals surface area contributed by atoms with Crippen molar-refractivity contribution in [3.8, 4) is 0 Å². The zero-order chi connectivity index (χ0) is 13.9. The minimum absolute atomic E-state index is 0.0987. The van der Waals surface area contributed by atoms with Crippen molar-refractivity contribution in [3.63, 3.8) is 0 Å². The second-order valence-corrected chi connectivity index (χ2v) is 4.88. The van der Waals surface area contributed by atoms with Gasteiger partial charge in [-0.3, -0.25) is 9.59 Å². The van der Waals surface area contributed by atoms with E-state index in [4.69, 9.17) is 4.74 Å². The molecule has 0 aromatic carbocycles. The first-order valence-electron chi connectivity index (χ1n) is 6.28. The lowest BCUT2D eigenvalue weighted by molar-refractivity contribution is -0.0605. The number of carbonyl (C=O) groups is 2. The number of hydrogen-bond acceptors (Lipinski definition) is 4. The summed E-state index contributed by atoms with van der Waals surface area (Å²) < 4.78 is 5.17. The molecule has 0 unspecified atom stereocenters. The highest BCUT2D eigenvalue weighted by Gasteiger charge is 2.30. The van der Waals surface area contributed by atoms with Crippen molar-refractivity contribution in [1.29, 1.82) is 0 Å². The topological polar surface area (TPSA) is 91.4 Å². The van der Waals surface area contributed by atoms with E-state index in [0.29, 0.717) is 37.3 Å². The van der Waals surface area contributed by atoms with E-state index in [1.807, 2.05) is 0 Å². The van der Waals surface area contributed by atoms with Crippen LogP contribution in [0.25, 0.3) is 0 Å². The standard InChI is InChI=1S/C13H18N2O4/c1-9(16)10-6-11(14-7-10)12(17)15-8-13(18)2-4-19-5-3-13/h6-7,14,18H,2-5,8H2,1H3,(H,15,17). The largest absolute Gasteiger partial charge is 0.388 e. The van der Waals surface area contributed by atoms with Gasteiger partial charge in [-0.2, -0.15) is 0 Å². The first-order chi connectivity index (χ1) is 9.00. The predicted octanol–water partition coefficient (Wildman–Crippen LogP) is 0.489. The molecule has 1 aliphatic rings. The molecule has 3 N–H and O–H groups in total. The maximum atomic E-state index is 11.9. The van der Waals surface area contributed by atoms with Gasteiger partial charge in [0.25, 0.3) is 5.91 Å². The number of amides is 1. The lowest BCUT2D eigenvalue weighted by Crippen LogP contribution is -2.46.